The first-order chi connectivity index (χ1) is 17.3. The second kappa shape index (κ2) is 7.07. The number of hydrogen-bond donors (Lipinski definition) is 1. The number of nitrogens with zero attached hydrogens (tertiary/aromatic N) is 3. The van der Waals surface area contributed by atoms with Gasteiger partial charge in [0.25, 0.3) is 0 Å². The normalized spacial score (nSPS) is 16.2. The van der Waals surface area contributed by atoms with Crippen LogP contribution in [0.25, 0.3) is 38.7 Å². The minimum absolute atomic E-state index is 0.0690. The zero-order valence-corrected chi connectivity index (χ0v) is 19.2. The van der Waals surface area contributed by atoms with E-state index in [4.69, 9.17) is 5.73 Å². The molecule has 1 saturated carbocycles. The van der Waals surface area contributed by atoms with E-state index in [-0.39, 0.29) is 16.9 Å². The van der Waals surface area contributed by atoms with Crippen molar-refractivity contribution in [3.8, 4) is 33.8 Å². The molecule has 2 N–H and O–H groups in total. The molecule has 0 saturated heterocycles. The third-order valence-electron chi connectivity index (χ3n) is 6.93. The van der Waals surface area contributed by atoms with Crippen molar-refractivity contribution in [2.24, 2.45) is 7.05 Å². The summed E-state index contributed by atoms with van der Waals surface area (Å²) in [7, 11) is 1.76. The first kappa shape index (κ1) is 20.9. The fourth-order valence-corrected chi connectivity index (χ4v) is 4.94. The van der Waals surface area contributed by atoms with Crippen LogP contribution in [0.4, 0.5) is 14.6 Å². The van der Waals surface area contributed by atoms with Gasteiger partial charge in [0.1, 0.15) is 5.82 Å². The molecular formula is C27H20F2N4O3. The van der Waals surface area contributed by atoms with Gasteiger partial charge in [-0.3, -0.25) is 9.48 Å². The van der Waals surface area contributed by atoms with E-state index in [0.717, 1.165) is 29.3 Å². The maximum absolute atomic E-state index is 14.0. The van der Waals surface area contributed by atoms with Crippen LogP contribution in [0.1, 0.15) is 24.3 Å². The fourth-order valence-electron chi connectivity index (χ4n) is 4.94. The molecule has 5 aromatic rings. The van der Waals surface area contributed by atoms with Gasteiger partial charge in [0.2, 0.25) is 0 Å². The summed E-state index contributed by atoms with van der Waals surface area (Å²) in [5, 5.41) is 5.13. The molecule has 1 fully saturated rings. The van der Waals surface area contributed by atoms with Crippen LogP contribution in [0, 0.1) is 0 Å². The van der Waals surface area contributed by atoms with Crippen molar-refractivity contribution >= 4 is 22.2 Å². The summed E-state index contributed by atoms with van der Waals surface area (Å²) in [6, 6.07) is 14.0. The van der Waals surface area contributed by atoms with Crippen molar-refractivity contribution in [2.45, 2.75) is 25.1 Å². The van der Waals surface area contributed by atoms with Crippen LogP contribution >= 0.6 is 0 Å². The van der Waals surface area contributed by atoms with Gasteiger partial charge in [-0.05, 0) is 71.8 Å². The van der Waals surface area contributed by atoms with Gasteiger partial charge >= 0.3 is 6.29 Å². The van der Waals surface area contributed by atoms with E-state index in [1.165, 1.54) is 12.1 Å². The van der Waals surface area contributed by atoms with Crippen LogP contribution in [0.5, 0.6) is 11.5 Å². The average Bonchev–Trinajstić information content (AvgIpc) is 3.59. The van der Waals surface area contributed by atoms with Crippen molar-refractivity contribution < 1.29 is 18.3 Å². The molecule has 180 valence electrons. The molecule has 4 heterocycles. The standard InChI is InChI=1S/C27H20F2N4O3/c1-32-26(30)18-10-16(4-6-20(18)31-32)19-13-33-9-8-15(14-2-3-14)11-21(33)24(25(19)34)17-5-7-22-23(12-17)36-27(28,29)35-22/h4-14H,2-3,30H2,1H3. The minimum Gasteiger partial charge on any atom is -0.395 e. The molecule has 2 aliphatic rings. The summed E-state index contributed by atoms with van der Waals surface area (Å²) in [5.74, 6) is 0.798. The van der Waals surface area contributed by atoms with Crippen LogP contribution in [-0.4, -0.2) is 20.5 Å². The Labute approximate surface area is 203 Å². The molecule has 0 atom stereocenters. The Bertz CT molecular complexity index is 1790. The summed E-state index contributed by atoms with van der Waals surface area (Å²) in [6.45, 7) is 0. The molecule has 36 heavy (non-hydrogen) atoms. The lowest BCUT2D eigenvalue weighted by Gasteiger charge is -2.14. The number of rotatable bonds is 3. The molecule has 2 aromatic carbocycles. The lowest BCUT2D eigenvalue weighted by atomic mass is 9.97. The van der Waals surface area contributed by atoms with E-state index in [1.54, 1.807) is 24.0 Å². The van der Waals surface area contributed by atoms with Gasteiger partial charge in [-0.1, -0.05) is 12.1 Å². The monoisotopic (exact) mass is 486 g/mol. The number of aryl methyl sites for hydroxylation is 1. The molecule has 0 spiro atoms. The second-order valence-electron chi connectivity index (χ2n) is 9.34. The van der Waals surface area contributed by atoms with Gasteiger partial charge < -0.3 is 19.6 Å². The predicted octanol–water partition coefficient (Wildman–Crippen LogP) is 5.30. The molecule has 0 bridgehead atoms. The number of ether oxygens (including phenoxy) is 2. The van der Waals surface area contributed by atoms with Gasteiger partial charge in [0.05, 0.1) is 16.6 Å². The predicted molar refractivity (Wildman–Crippen MR) is 131 cm³/mol. The number of nitrogen functional groups attached to an aromatic ring is 1. The number of halogens is 2. The van der Waals surface area contributed by atoms with Crippen molar-refractivity contribution in [2.75, 3.05) is 5.73 Å². The smallest absolute Gasteiger partial charge is 0.395 e. The van der Waals surface area contributed by atoms with E-state index in [9.17, 15) is 13.6 Å². The van der Waals surface area contributed by atoms with Crippen molar-refractivity contribution in [1.82, 2.24) is 14.2 Å². The minimum atomic E-state index is -3.74. The van der Waals surface area contributed by atoms with E-state index < -0.39 is 6.29 Å². The summed E-state index contributed by atoms with van der Waals surface area (Å²) >= 11 is 0. The van der Waals surface area contributed by atoms with Gasteiger partial charge in [0, 0.05) is 30.4 Å². The zero-order chi connectivity index (χ0) is 24.8. The van der Waals surface area contributed by atoms with Crippen LogP contribution in [0.3, 0.4) is 0 Å². The Hall–Kier alpha value is -4.40. The largest absolute Gasteiger partial charge is 0.586 e. The van der Waals surface area contributed by atoms with E-state index >= 15 is 0 Å². The molecule has 0 amide bonds. The average molecular weight is 486 g/mol. The highest BCUT2D eigenvalue weighted by atomic mass is 19.3. The lowest BCUT2D eigenvalue weighted by molar-refractivity contribution is -0.286. The van der Waals surface area contributed by atoms with E-state index in [1.807, 2.05) is 34.9 Å². The van der Waals surface area contributed by atoms with Crippen LogP contribution in [0.15, 0.2) is 65.7 Å². The Morgan fingerprint density at radius 1 is 1.03 bits per heavy atom. The highest BCUT2D eigenvalue weighted by Crippen LogP contribution is 2.44. The fraction of sp³-hybridized carbons (Fsp3) is 0.185. The Morgan fingerprint density at radius 3 is 2.61 bits per heavy atom. The number of pyridine rings is 2. The Morgan fingerprint density at radius 2 is 1.81 bits per heavy atom. The molecule has 3 aromatic heterocycles. The number of alkyl halides is 2. The summed E-state index contributed by atoms with van der Waals surface area (Å²) in [5.41, 5.74) is 10.5. The number of hydrogen-bond acceptors (Lipinski definition) is 5. The molecule has 7 nitrogen and oxygen atoms in total. The highest BCUT2D eigenvalue weighted by molar-refractivity contribution is 5.93. The maximum Gasteiger partial charge on any atom is 0.586 e. The van der Waals surface area contributed by atoms with Crippen LogP contribution < -0.4 is 20.6 Å². The van der Waals surface area contributed by atoms with Crippen molar-refractivity contribution in [1.29, 1.82) is 0 Å². The summed E-state index contributed by atoms with van der Waals surface area (Å²) < 4.78 is 40.1. The number of nitrogens with two attached hydrogens (primary N) is 1. The van der Waals surface area contributed by atoms with E-state index in [2.05, 4.69) is 20.6 Å². The first-order valence-electron chi connectivity index (χ1n) is 11.6. The summed E-state index contributed by atoms with van der Waals surface area (Å²) in [6.07, 6.45) is 2.22. The van der Waals surface area contributed by atoms with Gasteiger partial charge in [-0.15, -0.1) is 8.78 Å². The Kier molecular flexibility index (Phi) is 4.11. The second-order valence-corrected chi connectivity index (χ2v) is 9.34. The van der Waals surface area contributed by atoms with Gasteiger partial charge in [0.15, 0.2) is 16.9 Å². The summed E-state index contributed by atoms with van der Waals surface area (Å²) in [4.78, 5) is 14.0. The molecule has 1 aliphatic carbocycles. The number of fused-ring (bicyclic) bond motifs is 3. The third kappa shape index (κ3) is 3.16. The molecule has 9 heteroatoms. The van der Waals surface area contributed by atoms with Crippen molar-refractivity contribution in [3.05, 3.63) is 76.7 Å². The third-order valence-corrected chi connectivity index (χ3v) is 6.93. The highest BCUT2D eigenvalue weighted by Gasteiger charge is 2.43. The SMILES string of the molecule is Cn1nc2ccc(-c3cn4ccc(C5CC5)cc4c(-c4ccc5c(c4)OC(F)(F)O5)c3=O)cc2c1N. The molecular weight excluding hydrogens is 466 g/mol. The van der Waals surface area contributed by atoms with Crippen LogP contribution in [0.2, 0.25) is 0 Å². The molecule has 1 aliphatic heterocycles. The number of anilines is 1. The topological polar surface area (TPSA) is 83.8 Å². The van der Waals surface area contributed by atoms with Gasteiger partial charge in [-0.25, -0.2) is 0 Å². The maximum atomic E-state index is 14.0. The number of aromatic nitrogens is 3. The molecule has 0 radical (unpaired) electrons. The van der Waals surface area contributed by atoms with Crippen molar-refractivity contribution in [3.63, 3.8) is 0 Å². The first-order valence-corrected chi connectivity index (χ1v) is 11.6. The van der Waals surface area contributed by atoms with Crippen LogP contribution in [-0.2, 0) is 7.05 Å². The number of benzene rings is 2. The molecule has 0 unspecified atom stereocenters. The molecule has 7 rings (SSSR count). The zero-order valence-electron chi connectivity index (χ0n) is 19.2. The van der Waals surface area contributed by atoms with Gasteiger partial charge in [-0.2, -0.15) is 5.10 Å². The quantitative estimate of drug-likeness (QED) is 0.374. The Balaban J connectivity index is 1.49. The lowest BCUT2D eigenvalue weighted by Crippen LogP contribution is -2.25. The van der Waals surface area contributed by atoms with E-state index in [0.29, 0.717) is 39.5 Å².